The Balaban J connectivity index is 2.35. The molecule has 0 spiro atoms. The van der Waals surface area contributed by atoms with Gasteiger partial charge in [-0.15, -0.1) is 10.2 Å². The van der Waals surface area contributed by atoms with Gasteiger partial charge < -0.3 is 4.42 Å². The minimum absolute atomic E-state index is 0.566. The summed E-state index contributed by atoms with van der Waals surface area (Å²) >= 11 is 0. The van der Waals surface area contributed by atoms with E-state index in [0.717, 1.165) is 11.1 Å². The molecule has 0 atom stereocenters. The summed E-state index contributed by atoms with van der Waals surface area (Å²) < 4.78 is 5.57. The van der Waals surface area contributed by atoms with Crippen LogP contribution in [0.2, 0.25) is 0 Å². The largest absolute Gasteiger partial charge is 0.417 e. The minimum atomic E-state index is 0.566. The normalized spacial score (nSPS) is 11.8. The van der Waals surface area contributed by atoms with Gasteiger partial charge >= 0.3 is 0 Å². The lowest BCUT2D eigenvalue weighted by molar-refractivity contribution is 0.553. The van der Waals surface area contributed by atoms with Crippen molar-refractivity contribution in [2.45, 2.75) is 20.8 Å². The van der Waals surface area contributed by atoms with Crippen LogP contribution < -0.4 is 0 Å². The molecule has 1 aromatic carbocycles. The fraction of sp³-hybridized carbons (Fsp3) is 0.231. The Morgan fingerprint density at radius 1 is 1.19 bits per heavy atom. The molecule has 16 heavy (non-hydrogen) atoms. The first-order valence-electron chi connectivity index (χ1n) is 5.24. The average Bonchev–Trinajstić information content (AvgIpc) is 2.78. The van der Waals surface area contributed by atoms with Crippen LogP contribution in [0.3, 0.4) is 0 Å². The second-order valence-corrected chi connectivity index (χ2v) is 3.75. The smallest absolute Gasteiger partial charge is 0.248 e. The molecule has 0 aliphatic carbocycles. The molecule has 2 rings (SSSR count). The van der Waals surface area contributed by atoms with Crippen molar-refractivity contribution in [1.29, 1.82) is 0 Å². The van der Waals surface area contributed by atoms with Crippen molar-refractivity contribution in [3.63, 3.8) is 0 Å². The van der Waals surface area contributed by atoms with Crippen LogP contribution in [0.15, 0.2) is 34.8 Å². The highest BCUT2D eigenvalue weighted by Crippen LogP contribution is 2.21. The lowest BCUT2D eigenvalue weighted by Gasteiger charge is -1.95. The predicted molar refractivity (Wildman–Crippen MR) is 63.8 cm³/mol. The highest BCUT2D eigenvalue weighted by atomic mass is 16.4. The number of aromatic nitrogens is 2. The van der Waals surface area contributed by atoms with Crippen LogP contribution >= 0.6 is 0 Å². The van der Waals surface area contributed by atoms with Crippen molar-refractivity contribution in [3.05, 3.63) is 41.8 Å². The van der Waals surface area contributed by atoms with Crippen LogP contribution in [-0.2, 0) is 0 Å². The van der Waals surface area contributed by atoms with E-state index >= 15 is 0 Å². The molecule has 0 N–H and O–H groups in total. The molecule has 1 heterocycles. The molecule has 2 aromatic rings. The Hall–Kier alpha value is -1.90. The van der Waals surface area contributed by atoms with E-state index in [0.29, 0.717) is 11.8 Å². The molecule has 0 bridgehead atoms. The van der Waals surface area contributed by atoms with E-state index in [-0.39, 0.29) is 0 Å². The van der Waals surface area contributed by atoms with E-state index in [1.54, 1.807) is 0 Å². The molecule has 0 aliphatic rings. The number of allylic oxidation sites excluding steroid dienone is 2. The third-order valence-corrected chi connectivity index (χ3v) is 2.49. The predicted octanol–water partition coefficient (Wildman–Crippen LogP) is 3.47. The fourth-order valence-electron chi connectivity index (χ4n) is 1.32. The molecule has 0 saturated heterocycles. The van der Waals surface area contributed by atoms with Crippen LogP contribution in [0.1, 0.15) is 25.3 Å². The maximum atomic E-state index is 5.57. The topological polar surface area (TPSA) is 38.9 Å². The molecule has 82 valence electrons. The Kier molecular flexibility index (Phi) is 2.86. The molecular formula is C13H14N2O. The van der Waals surface area contributed by atoms with Crippen LogP contribution in [0.4, 0.5) is 0 Å². The molecule has 0 amide bonds. The maximum absolute atomic E-state index is 5.57. The molecule has 1 aromatic heterocycles. The molecule has 0 aliphatic heterocycles. The second kappa shape index (κ2) is 4.31. The standard InChI is InChI=1S/C13H14N2O/c1-4-10(3)12-14-15-13(16-12)11-7-5-9(2)6-8-11/h4-8H,1-3H3/b10-4+. The minimum Gasteiger partial charge on any atom is -0.417 e. The lowest BCUT2D eigenvalue weighted by Crippen LogP contribution is -1.78. The van der Waals surface area contributed by atoms with Crippen LogP contribution in [0.25, 0.3) is 17.0 Å². The number of benzene rings is 1. The quantitative estimate of drug-likeness (QED) is 0.768. The third kappa shape index (κ3) is 2.03. The van der Waals surface area contributed by atoms with Gasteiger partial charge in [0.15, 0.2) is 0 Å². The Morgan fingerprint density at radius 3 is 2.50 bits per heavy atom. The van der Waals surface area contributed by atoms with Gasteiger partial charge in [0.2, 0.25) is 11.8 Å². The molecule has 3 heteroatoms. The van der Waals surface area contributed by atoms with E-state index < -0.39 is 0 Å². The summed E-state index contributed by atoms with van der Waals surface area (Å²) in [5.41, 5.74) is 3.16. The van der Waals surface area contributed by atoms with Crippen LogP contribution in [-0.4, -0.2) is 10.2 Å². The fourth-order valence-corrected chi connectivity index (χ4v) is 1.32. The van der Waals surface area contributed by atoms with Gasteiger partial charge in [0, 0.05) is 11.1 Å². The zero-order valence-corrected chi connectivity index (χ0v) is 9.69. The summed E-state index contributed by atoms with van der Waals surface area (Å²) in [5.74, 6) is 1.15. The van der Waals surface area contributed by atoms with E-state index in [4.69, 9.17) is 4.42 Å². The van der Waals surface area contributed by atoms with Gasteiger partial charge in [-0.3, -0.25) is 0 Å². The summed E-state index contributed by atoms with van der Waals surface area (Å²) in [6.07, 6.45) is 1.95. The molecule has 0 saturated carbocycles. The summed E-state index contributed by atoms with van der Waals surface area (Å²) in [6, 6.07) is 8.03. The monoisotopic (exact) mass is 214 g/mol. The third-order valence-electron chi connectivity index (χ3n) is 2.49. The van der Waals surface area contributed by atoms with Gasteiger partial charge in [0.05, 0.1) is 0 Å². The summed E-state index contributed by atoms with van der Waals surface area (Å²) in [6.45, 7) is 5.95. The zero-order chi connectivity index (χ0) is 11.5. The van der Waals surface area contributed by atoms with Crippen molar-refractivity contribution in [1.82, 2.24) is 10.2 Å². The molecule has 0 fully saturated rings. The molecular weight excluding hydrogens is 200 g/mol. The Bertz CT molecular complexity index is 509. The number of aryl methyl sites for hydroxylation is 1. The lowest BCUT2D eigenvalue weighted by atomic mass is 10.1. The summed E-state index contributed by atoms with van der Waals surface area (Å²) in [5, 5.41) is 8.03. The molecule has 3 nitrogen and oxygen atoms in total. The number of nitrogens with zero attached hydrogens (tertiary/aromatic N) is 2. The van der Waals surface area contributed by atoms with Crippen molar-refractivity contribution in [3.8, 4) is 11.5 Å². The number of hydrogen-bond acceptors (Lipinski definition) is 3. The van der Waals surface area contributed by atoms with Crippen molar-refractivity contribution >= 4 is 5.57 Å². The van der Waals surface area contributed by atoms with Crippen LogP contribution in [0, 0.1) is 6.92 Å². The first-order chi connectivity index (χ1) is 7.70. The number of hydrogen-bond donors (Lipinski definition) is 0. The highest BCUT2D eigenvalue weighted by Gasteiger charge is 2.08. The van der Waals surface area contributed by atoms with E-state index in [1.165, 1.54) is 5.56 Å². The Morgan fingerprint density at radius 2 is 1.88 bits per heavy atom. The highest BCUT2D eigenvalue weighted by molar-refractivity contribution is 5.58. The van der Waals surface area contributed by atoms with Crippen molar-refractivity contribution in [2.24, 2.45) is 0 Å². The molecule has 0 unspecified atom stereocenters. The van der Waals surface area contributed by atoms with Gasteiger partial charge in [-0.2, -0.15) is 0 Å². The van der Waals surface area contributed by atoms with Crippen molar-refractivity contribution in [2.75, 3.05) is 0 Å². The van der Waals surface area contributed by atoms with Crippen LogP contribution in [0.5, 0.6) is 0 Å². The van der Waals surface area contributed by atoms with Gasteiger partial charge in [0.25, 0.3) is 0 Å². The first-order valence-corrected chi connectivity index (χ1v) is 5.24. The summed E-state index contributed by atoms with van der Waals surface area (Å²) in [4.78, 5) is 0. The summed E-state index contributed by atoms with van der Waals surface area (Å²) in [7, 11) is 0. The first kappa shape index (κ1) is 10.6. The second-order valence-electron chi connectivity index (χ2n) is 3.75. The van der Waals surface area contributed by atoms with E-state index in [9.17, 15) is 0 Å². The van der Waals surface area contributed by atoms with E-state index in [2.05, 4.69) is 10.2 Å². The van der Waals surface area contributed by atoms with Gasteiger partial charge in [-0.25, -0.2) is 0 Å². The van der Waals surface area contributed by atoms with Gasteiger partial charge in [0.1, 0.15) is 0 Å². The number of rotatable bonds is 2. The van der Waals surface area contributed by atoms with E-state index in [1.807, 2.05) is 51.1 Å². The average molecular weight is 214 g/mol. The SMILES string of the molecule is C/C=C(\C)c1nnc(-c2ccc(C)cc2)o1. The molecule has 0 radical (unpaired) electrons. The van der Waals surface area contributed by atoms with Crippen molar-refractivity contribution < 1.29 is 4.42 Å². The zero-order valence-electron chi connectivity index (χ0n) is 9.69. The Labute approximate surface area is 94.8 Å². The maximum Gasteiger partial charge on any atom is 0.248 e. The van der Waals surface area contributed by atoms with Gasteiger partial charge in [-0.05, 0) is 32.9 Å². The van der Waals surface area contributed by atoms with Gasteiger partial charge in [-0.1, -0.05) is 23.8 Å².